The van der Waals surface area contributed by atoms with Gasteiger partial charge in [0, 0.05) is 0 Å². The average Bonchev–Trinajstić information content (AvgIpc) is 1.37. The number of hydrogen-bond donors (Lipinski definition) is 0. The van der Waals surface area contributed by atoms with Crippen molar-refractivity contribution in [3.63, 3.8) is 0 Å². The summed E-state index contributed by atoms with van der Waals surface area (Å²) in [5, 5.41) is 0. The third-order valence-electron chi connectivity index (χ3n) is 0.333. The molecule has 0 aliphatic heterocycles. The first-order chi connectivity index (χ1) is 1.91. The van der Waals surface area contributed by atoms with E-state index in [9.17, 15) is 0 Å². The van der Waals surface area contributed by atoms with Crippen molar-refractivity contribution < 1.29 is 0 Å². The van der Waals surface area contributed by atoms with Crippen molar-refractivity contribution in [3.8, 4) is 0 Å². The summed E-state index contributed by atoms with van der Waals surface area (Å²) in [6.07, 6.45) is 4.00. The summed E-state index contributed by atoms with van der Waals surface area (Å²) in [5.74, 6) is 0. The molecular formula is C4H10Li2. The van der Waals surface area contributed by atoms with E-state index < -0.39 is 0 Å². The van der Waals surface area contributed by atoms with Crippen LogP contribution in [0.3, 0.4) is 0 Å². The first-order valence-electron chi connectivity index (χ1n) is 1.49. The predicted octanol–water partition coefficient (Wildman–Crippen LogP) is 0.285. The van der Waals surface area contributed by atoms with Gasteiger partial charge < -0.3 is 0 Å². The Morgan fingerprint density at radius 1 is 0.833 bits per heavy atom. The van der Waals surface area contributed by atoms with Crippen LogP contribution in [0.25, 0.3) is 0 Å². The third kappa shape index (κ3) is 20.4. The molecule has 0 aromatic heterocycles. The molecule has 0 radical (unpaired) electrons. The summed E-state index contributed by atoms with van der Waals surface area (Å²) in [7, 11) is 0. The first kappa shape index (κ1) is 15.8. The van der Waals surface area contributed by atoms with Gasteiger partial charge in [-0.1, -0.05) is 12.2 Å². The predicted molar refractivity (Wildman–Crippen MR) is 34.8 cm³/mol. The molecule has 0 saturated heterocycles. The maximum atomic E-state index is 2.00. The Kier molecular flexibility index (Phi) is 44.1. The van der Waals surface area contributed by atoms with Crippen LogP contribution in [0.2, 0.25) is 0 Å². The second-order valence-electron chi connectivity index (χ2n) is 0.667. The first-order valence-corrected chi connectivity index (χ1v) is 1.49. The Morgan fingerprint density at radius 3 is 1.00 bits per heavy atom. The monoisotopic (exact) mass is 72.1 g/mol. The molecule has 0 aliphatic rings. The van der Waals surface area contributed by atoms with Crippen molar-refractivity contribution in [2.75, 3.05) is 0 Å². The van der Waals surface area contributed by atoms with Gasteiger partial charge in [-0.2, -0.15) is 0 Å². The van der Waals surface area contributed by atoms with Gasteiger partial charge in [-0.05, 0) is 13.8 Å². The summed E-state index contributed by atoms with van der Waals surface area (Å²) in [4.78, 5) is 0. The minimum atomic E-state index is 0. The summed E-state index contributed by atoms with van der Waals surface area (Å²) in [6, 6.07) is 0. The molecule has 2 heteroatoms. The van der Waals surface area contributed by atoms with Gasteiger partial charge in [0.05, 0.1) is 0 Å². The summed E-state index contributed by atoms with van der Waals surface area (Å²) < 4.78 is 0. The molecule has 0 aromatic rings. The zero-order chi connectivity index (χ0) is 3.41. The van der Waals surface area contributed by atoms with E-state index in [1.165, 1.54) is 0 Å². The second kappa shape index (κ2) is 16.8. The van der Waals surface area contributed by atoms with Gasteiger partial charge in [-0.3, -0.25) is 0 Å². The SMILES string of the molecule is CC=CC.[LiH].[LiH]. The van der Waals surface area contributed by atoms with Gasteiger partial charge in [0.2, 0.25) is 0 Å². The van der Waals surface area contributed by atoms with Gasteiger partial charge in [0.25, 0.3) is 0 Å². The Bertz CT molecular complexity index is 20.7. The standard InChI is InChI=1S/C4H8.2Li.2H/c1-3-4-2;;;;/h3-4H,1-2H3;;;;. The van der Waals surface area contributed by atoms with E-state index in [4.69, 9.17) is 0 Å². The molecule has 0 nitrogen and oxygen atoms in total. The van der Waals surface area contributed by atoms with Crippen molar-refractivity contribution >= 4 is 37.7 Å². The average molecular weight is 72.0 g/mol. The Morgan fingerprint density at radius 2 is 1.00 bits per heavy atom. The molecule has 0 amide bonds. The number of allylic oxidation sites excluding steroid dienone is 2. The molecular weight excluding hydrogens is 61.9 g/mol. The van der Waals surface area contributed by atoms with Crippen molar-refractivity contribution in [1.82, 2.24) is 0 Å². The van der Waals surface area contributed by atoms with Crippen molar-refractivity contribution in [2.24, 2.45) is 0 Å². The van der Waals surface area contributed by atoms with E-state index in [-0.39, 0.29) is 37.7 Å². The fourth-order valence-electron chi connectivity index (χ4n) is 0. The molecule has 0 spiro atoms. The molecule has 0 rings (SSSR count). The normalized spacial score (nSPS) is 6.33. The topological polar surface area (TPSA) is 0 Å². The zero-order valence-electron chi connectivity index (χ0n) is 3.15. The Labute approximate surface area is 63.7 Å². The Balaban J connectivity index is -0.0000000450. The van der Waals surface area contributed by atoms with Crippen LogP contribution in [0.4, 0.5) is 0 Å². The van der Waals surface area contributed by atoms with Crippen LogP contribution in [-0.4, -0.2) is 37.7 Å². The minimum absolute atomic E-state index is 0. The van der Waals surface area contributed by atoms with Gasteiger partial charge in [0.15, 0.2) is 0 Å². The van der Waals surface area contributed by atoms with Gasteiger partial charge in [-0.25, -0.2) is 0 Å². The van der Waals surface area contributed by atoms with Crippen molar-refractivity contribution in [3.05, 3.63) is 12.2 Å². The molecule has 0 N–H and O–H groups in total. The molecule has 0 atom stereocenters. The maximum absolute atomic E-state index is 2.00. The zero-order valence-corrected chi connectivity index (χ0v) is 3.15. The van der Waals surface area contributed by atoms with E-state index in [0.717, 1.165) is 0 Å². The van der Waals surface area contributed by atoms with Gasteiger partial charge in [0.1, 0.15) is 0 Å². The van der Waals surface area contributed by atoms with Crippen LogP contribution in [0.15, 0.2) is 12.2 Å². The van der Waals surface area contributed by atoms with Crippen LogP contribution in [0.1, 0.15) is 13.8 Å². The van der Waals surface area contributed by atoms with E-state index in [1.54, 1.807) is 0 Å². The molecule has 0 aliphatic carbocycles. The summed E-state index contributed by atoms with van der Waals surface area (Å²) in [5.41, 5.74) is 0. The van der Waals surface area contributed by atoms with Crippen LogP contribution in [0.5, 0.6) is 0 Å². The molecule has 0 saturated carbocycles. The van der Waals surface area contributed by atoms with Crippen LogP contribution < -0.4 is 0 Å². The van der Waals surface area contributed by atoms with E-state index >= 15 is 0 Å². The van der Waals surface area contributed by atoms with Crippen molar-refractivity contribution in [1.29, 1.82) is 0 Å². The molecule has 0 aromatic carbocycles. The molecule has 0 bridgehead atoms. The molecule has 0 fully saturated rings. The van der Waals surface area contributed by atoms with E-state index in [2.05, 4.69) is 0 Å². The molecule has 0 unspecified atom stereocenters. The van der Waals surface area contributed by atoms with Crippen molar-refractivity contribution in [2.45, 2.75) is 13.8 Å². The quantitative estimate of drug-likeness (QED) is 0.285. The van der Waals surface area contributed by atoms with Gasteiger partial charge >= 0.3 is 37.7 Å². The van der Waals surface area contributed by atoms with Crippen LogP contribution >= 0.6 is 0 Å². The van der Waals surface area contributed by atoms with Gasteiger partial charge in [-0.15, -0.1) is 0 Å². The fourth-order valence-corrected chi connectivity index (χ4v) is 0. The van der Waals surface area contributed by atoms with Crippen LogP contribution in [0, 0.1) is 0 Å². The second-order valence-corrected chi connectivity index (χ2v) is 0.667. The Hall–Kier alpha value is 0.935. The number of hydrogen-bond acceptors (Lipinski definition) is 0. The molecule has 0 heterocycles. The summed E-state index contributed by atoms with van der Waals surface area (Å²) >= 11 is 0. The van der Waals surface area contributed by atoms with Crippen LogP contribution in [-0.2, 0) is 0 Å². The van der Waals surface area contributed by atoms with E-state index in [1.807, 2.05) is 26.0 Å². The third-order valence-corrected chi connectivity index (χ3v) is 0.333. The summed E-state index contributed by atoms with van der Waals surface area (Å²) in [6.45, 7) is 4.00. The molecule has 28 valence electrons. The van der Waals surface area contributed by atoms with E-state index in [0.29, 0.717) is 0 Å². The molecule has 6 heavy (non-hydrogen) atoms. The fraction of sp³-hybridized carbons (Fsp3) is 0.500. The number of rotatable bonds is 0.